The molecule has 0 spiro atoms. The van der Waals surface area contributed by atoms with Crippen LogP contribution in [0, 0.1) is 11.7 Å². The fourth-order valence-corrected chi connectivity index (χ4v) is 4.16. The molecule has 2 aromatic rings. The van der Waals surface area contributed by atoms with E-state index in [9.17, 15) is 14.0 Å². The number of aromatic nitrogens is 2. The zero-order chi connectivity index (χ0) is 20.1. The zero-order valence-electron chi connectivity index (χ0n) is 16.2. The Morgan fingerprint density at radius 2 is 2.11 bits per heavy atom. The quantitative estimate of drug-likeness (QED) is 0.729. The van der Waals surface area contributed by atoms with Crippen LogP contribution >= 0.6 is 11.3 Å². The van der Waals surface area contributed by atoms with E-state index in [2.05, 4.69) is 29.4 Å². The number of carbonyl (C=O) groups is 2. The summed E-state index contributed by atoms with van der Waals surface area (Å²) in [5.41, 5.74) is 0.963. The minimum Gasteiger partial charge on any atom is -0.342 e. The van der Waals surface area contributed by atoms with Crippen LogP contribution < -0.4 is 5.32 Å². The van der Waals surface area contributed by atoms with Gasteiger partial charge in [-0.2, -0.15) is 0 Å². The number of nitrogens with one attached hydrogen (secondary N) is 1. The van der Waals surface area contributed by atoms with Gasteiger partial charge in [0.25, 0.3) is 0 Å². The van der Waals surface area contributed by atoms with Gasteiger partial charge in [0.15, 0.2) is 0 Å². The summed E-state index contributed by atoms with van der Waals surface area (Å²) in [4.78, 5) is 26.5. The first kappa shape index (κ1) is 20.4. The fourth-order valence-electron chi connectivity index (χ4n) is 3.33. The number of hydrogen-bond donors (Lipinski definition) is 1. The lowest BCUT2D eigenvalue weighted by atomic mass is 10.1. The predicted octanol–water partition coefficient (Wildman–Crippen LogP) is 3.61. The molecule has 2 amide bonds. The second-order valence-electron chi connectivity index (χ2n) is 7.24. The molecule has 8 heteroatoms. The van der Waals surface area contributed by atoms with E-state index in [-0.39, 0.29) is 30.0 Å². The molecule has 1 aliphatic heterocycles. The molecular formula is C20H25FN4O2S. The van der Waals surface area contributed by atoms with Crippen LogP contribution in [0.1, 0.15) is 49.6 Å². The molecule has 2 atom stereocenters. The van der Waals surface area contributed by atoms with Gasteiger partial charge in [0.2, 0.25) is 16.9 Å². The zero-order valence-corrected chi connectivity index (χ0v) is 17.0. The van der Waals surface area contributed by atoms with Crippen LogP contribution in [0.3, 0.4) is 0 Å². The summed E-state index contributed by atoms with van der Waals surface area (Å²) in [5.74, 6) is -0.564. The van der Waals surface area contributed by atoms with Gasteiger partial charge in [-0.1, -0.05) is 43.7 Å². The molecule has 2 heterocycles. The Morgan fingerprint density at radius 1 is 1.36 bits per heavy atom. The number of hydrogen-bond acceptors (Lipinski definition) is 5. The fraction of sp³-hybridized carbons (Fsp3) is 0.500. The maximum atomic E-state index is 13.0. The van der Waals surface area contributed by atoms with Crippen molar-refractivity contribution >= 4 is 28.3 Å². The first-order valence-corrected chi connectivity index (χ1v) is 10.4. The highest BCUT2D eigenvalue weighted by molar-refractivity contribution is 7.15. The largest absolute Gasteiger partial charge is 0.342 e. The third-order valence-electron chi connectivity index (χ3n) is 4.98. The third kappa shape index (κ3) is 5.13. The van der Waals surface area contributed by atoms with E-state index >= 15 is 0 Å². The molecule has 0 bridgehead atoms. The summed E-state index contributed by atoms with van der Waals surface area (Å²) in [7, 11) is 0. The summed E-state index contributed by atoms with van der Waals surface area (Å²) in [6, 6.07) is 6.25. The van der Waals surface area contributed by atoms with Crippen molar-refractivity contribution in [2.45, 2.75) is 45.4 Å². The third-order valence-corrected chi connectivity index (χ3v) is 6.05. The molecule has 1 N–H and O–H groups in total. The van der Waals surface area contributed by atoms with Crippen molar-refractivity contribution in [1.29, 1.82) is 0 Å². The van der Waals surface area contributed by atoms with Crippen molar-refractivity contribution in [1.82, 2.24) is 15.1 Å². The lowest BCUT2D eigenvalue weighted by Gasteiger charge is -2.16. The molecule has 28 heavy (non-hydrogen) atoms. The van der Waals surface area contributed by atoms with Gasteiger partial charge in [-0.15, -0.1) is 10.2 Å². The second-order valence-corrected chi connectivity index (χ2v) is 8.25. The van der Waals surface area contributed by atoms with Gasteiger partial charge in [0.05, 0.1) is 5.92 Å². The number of nitrogens with zero attached hydrogens (tertiary/aromatic N) is 3. The Balaban J connectivity index is 1.51. The molecule has 1 aromatic carbocycles. The first-order valence-electron chi connectivity index (χ1n) is 9.62. The van der Waals surface area contributed by atoms with Crippen molar-refractivity contribution in [3.8, 4) is 0 Å². The smallest absolute Gasteiger partial charge is 0.231 e. The molecule has 0 saturated carbocycles. The number of likely N-dealkylation sites (tertiary alicyclic amines) is 1. The van der Waals surface area contributed by atoms with Gasteiger partial charge in [-0.05, 0) is 30.5 Å². The van der Waals surface area contributed by atoms with Gasteiger partial charge in [-0.25, -0.2) is 4.39 Å². The minimum absolute atomic E-state index is 0.0308. The monoisotopic (exact) mass is 404 g/mol. The molecule has 0 aliphatic carbocycles. The molecule has 1 aliphatic rings. The average Bonchev–Trinajstić information content (AvgIpc) is 3.28. The van der Waals surface area contributed by atoms with Crippen molar-refractivity contribution in [3.63, 3.8) is 0 Å². The molecule has 150 valence electrons. The molecule has 1 fully saturated rings. The highest BCUT2D eigenvalue weighted by Crippen LogP contribution is 2.27. The number of amides is 2. The number of anilines is 1. The van der Waals surface area contributed by atoms with Crippen molar-refractivity contribution < 1.29 is 14.0 Å². The van der Waals surface area contributed by atoms with Crippen LogP contribution in [0.2, 0.25) is 0 Å². The number of carbonyl (C=O) groups excluding carboxylic acids is 2. The van der Waals surface area contributed by atoms with E-state index in [4.69, 9.17) is 0 Å². The highest BCUT2D eigenvalue weighted by atomic mass is 32.1. The summed E-state index contributed by atoms with van der Waals surface area (Å²) in [5, 5.41) is 12.4. The van der Waals surface area contributed by atoms with Crippen LogP contribution in [-0.2, 0) is 16.0 Å². The van der Waals surface area contributed by atoms with Crippen LogP contribution in [0.4, 0.5) is 9.52 Å². The molecule has 0 radical (unpaired) electrons. The Morgan fingerprint density at radius 3 is 2.82 bits per heavy atom. The second kappa shape index (κ2) is 9.23. The topological polar surface area (TPSA) is 75.2 Å². The van der Waals surface area contributed by atoms with E-state index < -0.39 is 0 Å². The molecule has 1 saturated heterocycles. The van der Waals surface area contributed by atoms with Crippen molar-refractivity contribution in [2.24, 2.45) is 5.92 Å². The Bertz CT molecular complexity index is 824. The predicted molar refractivity (Wildman–Crippen MR) is 107 cm³/mol. The van der Waals surface area contributed by atoms with Gasteiger partial charge in [-0.3, -0.25) is 9.59 Å². The normalized spacial score (nSPS) is 17.8. The summed E-state index contributed by atoms with van der Waals surface area (Å²) >= 11 is 1.39. The van der Waals surface area contributed by atoms with E-state index in [1.165, 1.54) is 23.5 Å². The summed E-state index contributed by atoms with van der Waals surface area (Å²) < 4.78 is 13.0. The van der Waals surface area contributed by atoms with Gasteiger partial charge < -0.3 is 10.2 Å². The number of benzene rings is 1. The van der Waals surface area contributed by atoms with E-state index in [1.54, 1.807) is 17.0 Å². The minimum atomic E-state index is -0.388. The van der Waals surface area contributed by atoms with Crippen molar-refractivity contribution in [3.05, 3.63) is 40.7 Å². The number of rotatable bonds is 8. The van der Waals surface area contributed by atoms with Crippen LogP contribution in [0.5, 0.6) is 0 Å². The average molecular weight is 405 g/mol. The Kier molecular flexibility index (Phi) is 6.72. The molecule has 1 aromatic heterocycles. The Hall–Kier alpha value is -2.35. The molecular weight excluding hydrogens is 379 g/mol. The first-order chi connectivity index (χ1) is 13.5. The molecule has 0 unspecified atom stereocenters. The standard InChI is InChI=1S/C20H25FN4O2S/c1-3-4-13(2)19-23-24-20(28-19)22-18(27)15-11-17(26)25(12-15)10-9-14-5-7-16(21)8-6-14/h5-8,13,15H,3-4,9-12H2,1-2H3,(H,22,24,27)/t13-,15+/m1/s1. The highest BCUT2D eigenvalue weighted by Gasteiger charge is 2.34. The van der Waals surface area contributed by atoms with Crippen LogP contribution in [-0.4, -0.2) is 40.0 Å². The van der Waals surface area contributed by atoms with E-state index in [0.717, 1.165) is 23.4 Å². The summed E-state index contributed by atoms with van der Waals surface area (Å²) in [6.45, 7) is 5.14. The van der Waals surface area contributed by atoms with E-state index in [1.807, 2.05) is 0 Å². The van der Waals surface area contributed by atoms with Crippen molar-refractivity contribution in [2.75, 3.05) is 18.4 Å². The lowest BCUT2D eigenvalue weighted by Crippen LogP contribution is -2.30. The van der Waals surface area contributed by atoms with E-state index in [0.29, 0.717) is 30.6 Å². The number of halogens is 1. The van der Waals surface area contributed by atoms with Gasteiger partial charge in [0.1, 0.15) is 10.8 Å². The SMILES string of the molecule is CCC[C@@H](C)c1nnc(NC(=O)[C@H]2CC(=O)N(CCc3ccc(F)cc3)C2)s1. The maximum Gasteiger partial charge on any atom is 0.231 e. The van der Waals surface area contributed by atoms with Crippen LogP contribution in [0.15, 0.2) is 24.3 Å². The Labute approximate surface area is 168 Å². The molecule has 6 nitrogen and oxygen atoms in total. The summed E-state index contributed by atoms with van der Waals surface area (Å²) in [6.07, 6.45) is 2.94. The lowest BCUT2D eigenvalue weighted by molar-refractivity contribution is -0.128. The molecule has 3 rings (SSSR count). The van der Waals surface area contributed by atoms with Gasteiger partial charge in [0, 0.05) is 25.4 Å². The van der Waals surface area contributed by atoms with Crippen LogP contribution in [0.25, 0.3) is 0 Å². The van der Waals surface area contributed by atoms with Gasteiger partial charge >= 0.3 is 0 Å². The maximum absolute atomic E-state index is 13.0.